The Labute approximate surface area is 342 Å². The molecule has 2 aromatic rings. The molecule has 4 fully saturated rings. The van der Waals surface area contributed by atoms with Crippen LogP contribution in [0.1, 0.15) is 76.5 Å². The fourth-order valence-electron chi connectivity index (χ4n) is 10.3. The van der Waals surface area contributed by atoms with Crippen LogP contribution in [-0.4, -0.2) is 125 Å². The number of carbonyl (C=O) groups excluding carboxylic acids is 4. The van der Waals surface area contributed by atoms with Gasteiger partial charge in [0.25, 0.3) is 0 Å². The molecule has 1 aromatic carbocycles. The number of nitrogens with zero attached hydrogens (tertiary/aromatic N) is 2. The summed E-state index contributed by atoms with van der Waals surface area (Å²) in [6.07, 6.45) is -4.86. The average molecular weight is 823 g/mol. The number of aromatic nitrogens is 1. The van der Waals surface area contributed by atoms with Crippen molar-refractivity contribution in [2.45, 2.75) is 115 Å². The minimum Gasteiger partial charge on any atom is -0.456 e. The predicted molar refractivity (Wildman–Crippen MR) is 205 cm³/mol. The van der Waals surface area contributed by atoms with Crippen LogP contribution in [0.3, 0.4) is 0 Å². The van der Waals surface area contributed by atoms with E-state index in [-0.39, 0.29) is 18.6 Å². The molecule has 3 aliphatic carbocycles. The van der Waals surface area contributed by atoms with Crippen molar-refractivity contribution in [2.75, 3.05) is 27.2 Å². The first kappa shape index (κ1) is 42.8. The maximum absolute atomic E-state index is 15.0. The van der Waals surface area contributed by atoms with E-state index in [9.17, 15) is 29.4 Å². The first-order valence-electron chi connectivity index (χ1n) is 19.8. The Balaban J connectivity index is 1.41. The van der Waals surface area contributed by atoms with E-state index >= 15 is 4.39 Å². The van der Waals surface area contributed by atoms with Gasteiger partial charge in [0, 0.05) is 43.8 Å². The Morgan fingerprint density at radius 3 is 2.37 bits per heavy atom. The lowest BCUT2D eigenvalue weighted by molar-refractivity contribution is -0.335. The van der Waals surface area contributed by atoms with E-state index in [1.165, 1.54) is 19.2 Å². The number of aliphatic hydroxyl groups excluding tert-OH is 1. The first-order chi connectivity index (χ1) is 27.7. The van der Waals surface area contributed by atoms with Crippen molar-refractivity contribution in [3.63, 3.8) is 0 Å². The van der Waals surface area contributed by atoms with Gasteiger partial charge in [-0.1, -0.05) is 39.0 Å². The summed E-state index contributed by atoms with van der Waals surface area (Å²) in [7, 11) is 3.74. The van der Waals surface area contributed by atoms with Crippen LogP contribution in [0.4, 0.5) is 4.39 Å². The maximum Gasteiger partial charge on any atom is 0.338 e. The summed E-state index contributed by atoms with van der Waals surface area (Å²) in [5.74, 6) is -5.18. The lowest BCUT2D eigenvalue weighted by Crippen LogP contribution is -2.80. The van der Waals surface area contributed by atoms with Crippen LogP contribution in [0.2, 0.25) is 0 Å². The third-order valence-corrected chi connectivity index (χ3v) is 13.1. The van der Waals surface area contributed by atoms with Crippen molar-refractivity contribution < 1.29 is 62.2 Å². The molecule has 2 bridgehead atoms. The molecule has 1 unspecified atom stereocenters. The van der Waals surface area contributed by atoms with Crippen molar-refractivity contribution >= 4 is 23.8 Å². The number of fused-ring (bicyclic) bond motifs is 8. The molecule has 1 aromatic heterocycles. The number of likely N-dealkylation sites (N-methyl/N-ethyl adjacent to an activating group) is 1. The lowest BCUT2D eigenvalue weighted by Gasteiger charge is -2.67. The molecular formula is C43H53FN3O12. The Hall–Kier alpha value is -4.32. The van der Waals surface area contributed by atoms with Crippen LogP contribution in [0.25, 0.3) is 0 Å². The van der Waals surface area contributed by atoms with Crippen LogP contribution in [0, 0.1) is 29.0 Å². The number of hydrogen-bond donors (Lipinski definition) is 3. The van der Waals surface area contributed by atoms with Crippen LogP contribution >= 0.6 is 0 Å². The molecular weight excluding hydrogens is 769 g/mol. The van der Waals surface area contributed by atoms with Gasteiger partial charge >= 0.3 is 17.9 Å². The zero-order chi connectivity index (χ0) is 42.8. The SMILES string of the molecule is CC(=O)N[C@@H](c1ncccc1F)[C@@H](O)C(=O)O[C@H]1C[C@@]2(O)[C@@H](OC(=O)c3ccccc3)[C@H]3[C@@](C)([CH]CC4OC[C@]43OC(C)=O)[C@@H]3O[C@H](CN(C)C)O[C@@H]3C(=C1C)C2(C)C. The fourth-order valence-corrected chi connectivity index (χ4v) is 10.3. The van der Waals surface area contributed by atoms with Crippen molar-refractivity contribution in [1.82, 2.24) is 15.2 Å². The van der Waals surface area contributed by atoms with Gasteiger partial charge in [-0.2, -0.15) is 0 Å². The van der Waals surface area contributed by atoms with Gasteiger partial charge in [0.2, 0.25) is 5.91 Å². The molecule has 5 aliphatic rings. The Bertz CT molecular complexity index is 2010. The summed E-state index contributed by atoms with van der Waals surface area (Å²) in [6.45, 7) is 9.95. The summed E-state index contributed by atoms with van der Waals surface area (Å²) >= 11 is 0. The number of pyridine rings is 1. The average Bonchev–Trinajstić information content (AvgIpc) is 3.56. The molecule has 2 saturated carbocycles. The van der Waals surface area contributed by atoms with E-state index in [2.05, 4.69) is 10.3 Å². The highest BCUT2D eigenvalue weighted by atomic mass is 19.1. The number of nitrogens with one attached hydrogen (secondary N) is 1. The molecule has 1 radical (unpaired) electrons. The Kier molecular flexibility index (Phi) is 11.3. The largest absolute Gasteiger partial charge is 0.456 e. The number of aliphatic hydroxyl groups is 2. The summed E-state index contributed by atoms with van der Waals surface area (Å²) in [5, 5.41) is 27.6. The number of ether oxygens (including phenoxy) is 6. The third kappa shape index (κ3) is 7.14. The number of hydrogen-bond acceptors (Lipinski definition) is 14. The number of amides is 1. The van der Waals surface area contributed by atoms with Crippen molar-refractivity contribution in [2.24, 2.45) is 16.7 Å². The highest BCUT2D eigenvalue weighted by Gasteiger charge is 2.77. The molecule has 59 heavy (non-hydrogen) atoms. The summed E-state index contributed by atoms with van der Waals surface area (Å²) < 4.78 is 53.7. The van der Waals surface area contributed by atoms with Gasteiger partial charge in [0.1, 0.15) is 47.6 Å². The van der Waals surface area contributed by atoms with E-state index in [0.29, 0.717) is 24.1 Å². The van der Waals surface area contributed by atoms with E-state index in [1.807, 2.05) is 32.3 Å². The predicted octanol–water partition coefficient (Wildman–Crippen LogP) is 2.99. The molecule has 16 heteroatoms. The van der Waals surface area contributed by atoms with E-state index in [4.69, 9.17) is 28.4 Å². The van der Waals surface area contributed by atoms with Crippen molar-refractivity contribution in [3.05, 3.63) is 83.3 Å². The smallest absolute Gasteiger partial charge is 0.338 e. The van der Waals surface area contributed by atoms with Gasteiger partial charge < -0.3 is 48.9 Å². The minimum atomic E-state index is -2.15. The maximum atomic E-state index is 15.0. The standard InChI is InChI=1S/C43H53FN3O12/c1-22-27(55-39(52)33(50)32(46-23(2)48)31-26(44)15-12-18-45-31)19-43(53)37(58-38(51)25-13-10-9-11-14-25)35-41(6,17-16-28-42(35,21-54-28)59-24(3)49)36-34(30(22)40(43,4)5)56-29(57-36)20-47(7)8/h9-15,17-18,27-29,32-37,50,53H,16,19-21H2,1-8H3,(H,46,48)/t27-,28?,29+,32-,33+,34+,35-,36+,37-,41+,42-,43+/m0/s1. The molecule has 12 atom stereocenters. The first-order valence-corrected chi connectivity index (χ1v) is 19.8. The Morgan fingerprint density at radius 2 is 1.76 bits per heavy atom. The monoisotopic (exact) mass is 822 g/mol. The van der Waals surface area contributed by atoms with Crippen molar-refractivity contribution in [1.29, 1.82) is 0 Å². The summed E-state index contributed by atoms with van der Waals surface area (Å²) in [4.78, 5) is 59.6. The van der Waals surface area contributed by atoms with Crippen LogP contribution < -0.4 is 5.32 Å². The summed E-state index contributed by atoms with van der Waals surface area (Å²) in [5.41, 5.74) is -5.17. The number of rotatable bonds is 10. The van der Waals surface area contributed by atoms with E-state index in [1.54, 1.807) is 51.1 Å². The molecule has 3 heterocycles. The zero-order valence-electron chi connectivity index (χ0n) is 34.5. The highest BCUT2D eigenvalue weighted by molar-refractivity contribution is 5.89. The Morgan fingerprint density at radius 1 is 1.05 bits per heavy atom. The second kappa shape index (κ2) is 15.6. The minimum absolute atomic E-state index is 0.0679. The van der Waals surface area contributed by atoms with Crippen molar-refractivity contribution in [3.8, 4) is 0 Å². The second-order valence-electron chi connectivity index (χ2n) is 17.4. The molecule has 2 aliphatic heterocycles. The number of carbonyl (C=O) groups is 4. The number of esters is 3. The van der Waals surface area contributed by atoms with Gasteiger partial charge in [-0.05, 0) is 69.3 Å². The van der Waals surface area contributed by atoms with Gasteiger partial charge in [0.15, 0.2) is 18.0 Å². The highest BCUT2D eigenvalue weighted by Crippen LogP contribution is 2.66. The third-order valence-electron chi connectivity index (χ3n) is 13.1. The van der Waals surface area contributed by atoms with Gasteiger partial charge in [-0.15, -0.1) is 0 Å². The fraction of sp³-hybridized carbons (Fsp3) is 0.581. The topological polar surface area (TPSA) is 192 Å². The quantitative estimate of drug-likeness (QED) is 0.180. The zero-order valence-corrected chi connectivity index (χ0v) is 34.5. The van der Waals surface area contributed by atoms with Gasteiger partial charge in [-0.25, -0.2) is 14.0 Å². The number of halogens is 1. The molecule has 1 amide bonds. The number of benzene rings is 1. The van der Waals surface area contributed by atoms with Gasteiger partial charge in [-0.3, -0.25) is 14.6 Å². The lowest BCUT2D eigenvalue weighted by atomic mass is 9.45. The second-order valence-corrected chi connectivity index (χ2v) is 17.4. The van der Waals surface area contributed by atoms with Crippen LogP contribution in [-0.2, 0) is 42.8 Å². The molecule has 7 rings (SSSR count). The van der Waals surface area contributed by atoms with E-state index < -0.39 is 112 Å². The molecule has 15 nitrogen and oxygen atoms in total. The molecule has 0 spiro atoms. The normalized spacial score (nSPS) is 35.4. The van der Waals surface area contributed by atoms with Crippen LogP contribution in [0.15, 0.2) is 59.8 Å². The van der Waals surface area contributed by atoms with Crippen LogP contribution in [0.5, 0.6) is 0 Å². The van der Waals surface area contributed by atoms with E-state index in [0.717, 1.165) is 13.0 Å². The molecule has 2 saturated heterocycles. The van der Waals surface area contributed by atoms with Gasteiger partial charge in [0.05, 0.1) is 24.2 Å². The molecule has 3 N–H and O–H groups in total. The summed E-state index contributed by atoms with van der Waals surface area (Å²) in [6, 6.07) is 9.03. The molecule has 319 valence electrons.